The smallest absolute Gasteiger partial charge is 0.251 e. The maximum atomic E-state index is 12.8. The van der Waals surface area contributed by atoms with Gasteiger partial charge in [0.1, 0.15) is 5.82 Å². The van der Waals surface area contributed by atoms with Crippen LogP contribution >= 0.6 is 0 Å². The third kappa shape index (κ3) is 2.91. The van der Waals surface area contributed by atoms with Crippen LogP contribution in [0.2, 0.25) is 0 Å². The molecule has 106 valence electrons. The summed E-state index contributed by atoms with van der Waals surface area (Å²) in [6.07, 6.45) is 0.156. The third-order valence-electron chi connectivity index (χ3n) is 3.36. The molecule has 0 saturated heterocycles. The minimum atomic E-state index is -0.330. The topological polar surface area (TPSA) is 58.2 Å². The predicted molar refractivity (Wildman–Crippen MR) is 76.3 cm³/mol. The first-order valence-electron chi connectivity index (χ1n) is 6.57. The van der Waals surface area contributed by atoms with Crippen LogP contribution in [0.4, 0.5) is 10.1 Å². The molecule has 0 aliphatic carbocycles. The second-order valence-electron chi connectivity index (χ2n) is 4.91. The molecular weight excluding hydrogens is 271 g/mol. The van der Waals surface area contributed by atoms with Crippen molar-refractivity contribution in [1.29, 1.82) is 0 Å². The highest BCUT2D eigenvalue weighted by Crippen LogP contribution is 2.20. The molecule has 4 nitrogen and oxygen atoms in total. The van der Waals surface area contributed by atoms with Crippen LogP contribution in [0.1, 0.15) is 21.5 Å². The van der Waals surface area contributed by atoms with Gasteiger partial charge in [0.05, 0.1) is 6.42 Å². The van der Waals surface area contributed by atoms with Gasteiger partial charge in [0.15, 0.2) is 0 Å². The number of benzene rings is 2. The molecule has 2 N–H and O–H groups in total. The summed E-state index contributed by atoms with van der Waals surface area (Å²) in [5.74, 6) is -0.664. The molecule has 21 heavy (non-hydrogen) atoms. The summed E-state index contributed by atoms with van der Waals surface area (Å²) in [5.41, 5.74) is 2.83. The van der Waals surface area contributed by atoms with Crippen LogP contribution < -0.4 is 10.6 Å². The molecule has 0 bridgehead atoms. The first-order valence-corrected chi connectivity index (χ1v) is 6.57. The molecule has 5 heteroatoms. The summed E-state index contributed by atoms with van der Waals surface area (Å²) in [6.45, 7) is 0.526. The Balaban J connectivity index is 1.69. The molecule has 3 rings (SSSR count). The van der Waals surface area contributed by atoms with E-state index >= 15 is 0 Å². The number of carbonyl (C=O) groups excluding carboxylic acids is 2. The van der Waals surface area contributed by atoms with Crippen molar-refractivity contribution in [2.45, 2.75) is 13.0 Å². The van der Waals surface area contributed by atoms with Gasteiger partial charge in [-0.1, -0.05) is 18.2 Å². The van der Waals surface area contributed by atoms with E-state index in [1.54, 1.807) is 24.3 Å². The lowest BCUT2D eigenvalue weighted by atomic mass is 10.1. The fourth-order valence-electron chi connectivity index (χ4n) is 2.28. The van der Waals surface area contributed by atoms with Gasteiger partial charge in [-0.2, -0.15) is 0 Å². The van der Waals surface area contributed by atoms with Crippen LogP contribution in [-0.4, -0.2) is 11.8 Å². The van der Waals surface area contributed by atoms with E-state index < -0.39 is 0 Å². The van der Waals surface area contributed by atoms with E-state index in [9.17, 15) is 14.0 Å². The molecule has 1 aliphatic heterocycles. The lowest BCUT2D eigenvalue weighted by molar-refractivity contribution is -0.115. The molecule has 0 fully saturated rings. The van der Waals surface area contributed by atoms with E-state index in [2.05, 4.69) is 10.6 Å². The van der Waals surface area contributed by atoms with E-state index in [1.807, 2.05) is 6.07 Å². The molecule has 0 saturated carbocycles. The third-order valence-corrected chi connectivity index (χ3v) is 3.36. The molecule has 1 heterocycles. The maximum Gasteiger partial charge on any atom is 0.251 e. The number of rotatable bonds is 3. The van der Waals surface area contributed by atoms with Crippen LogP contribution in [0.25, 0.3) is 0 Å². The highest BCUT2D eigenvalue weighted by molar-refractivity contribution is 6.00. The Kier molecular flexibility index (Phi) is 3.39. The Morgan fingerprint density at radius 2 is 1.95 bits per heavy atom. The van der Waals surface area contributed by atoms with Gasteiger partial charge in [0.2, 0.25) is 5.91 Å². The van der Waals surface area contributed by atoms with Gasteiger partial charge < -0.3 is 10.6 Å². The average Bonchev–Trinajstić information content (AvgIpc) is 2.83. The lowest BCUT2D eigenvalue weighted by Crippen LogP contribution is -2.15. The fourth-order valence-corrected chi connectivity index (χ4v) is 2.28. The van der Waals surface area contributed by atoms with Crippen LogP contribution in [-0.2, 0) is 17.8 Å². The SMILES string of the molecule is O=C(Cc1ccc(F)cc1)Nc1ccc2c(c1)C(=O)NC2. The van der Waals surface area contributed by atoms with Gasteiger partial charge in [0.25, 0.3) is 5.91 Å². The summed E-state index contributed by atoms with van der Waals surface area (Å²) < 4.78 is 12.8. The standard InChI is InChI=1S/C16H13FN2O2/c17-12-4-1-10(2-5-12)7-15(20)19-13-6-3-11-9-18-16(21)14(11)8-13/h1-6,8H,7,9H2,(H,18,21)(H,19,20). The number of hydrogen-bond donors (Lipinski definition) is 2. The maximum absolute atomic E-state index is 12.8. The number of carbonyl (C=O) groups is 2. The Labute approximate surface area is 121 Å². The van der Waals surface area contributed by atoms with E-state index in [4.69, 9.17) is 0 Å². The van der Waals surface area contributed by atoms with Crippen molar-refractivity contribution < 1.29 is 14.0 Å². The number of hydrogen-bond acceptors (Lipinski definition) is 2. The number of amides is 2. The highest BCUT2D eigenvalue weighted by atomic mass is 19.1. The Morgan fingerprint density at radius 1 is 1.19 bits per heavy atom. The fraction of sp³-hybridized carbons (Fsp3) is 0.125. The Bertz CT molecular complexity index is 711. The van der Waals surface area contributed by atoms with E-state index in [1.165, 1.54) is 12.1 Å². The second-order valence-corrected chi connectivity index (χ2v) is 4.91. The molecule has 0 spiro atoms. The molecule has 0 atom stereocenters. The van der Waals surface area contributed by atoms with Gasteiger partial charge in [-0.3, -0.25) is 9.59 Å². The second kappa shape index (κ2) is 5.36. The molecule has 2 amide bonds. The summed E-state index contributed by atoms with van der Waals surface area (Å²) in [5, 5.41) is 5.47. The summed E-state index contributed by atoms with van der Waals surface area (Å²) in [7, 11) is 0. The van der Waals surface area contributed by atoms with E-state index in [0.717, 1.165) is 11.1 Å². The minimum Gasteiger partial charge on any atom is -0.348 e. The number of anilines is 1. The van der Waals surface area contributed by atoms with E-state index in [-0.39, 0.29) is 24.1 Å². The molecule has 2 aromatic carbocycles. The van der Waals surface area contributed by atoms with Crippen LogP contribution in [0.3, 0.4) is 0 Å². The molecule has 2 aromatic rings. The first-order chi connectivity index (χ1) is 10.1. The monoisotopic (exact) mass is 284 g/mol. The zero-order valence-electron chi connectivity index (χ0n) is 11.2. The van der Waals surface area contributed by atoms with Crippen molar-refractivity contribution >= 4 is 17.5 Å². The largest absolute Gasteiger partial charge is 0.348 e. The summed E-state index contributed by atoms with van der Waals surface area (Å²) in [6, 6.07) is 11.0. The van der Waals surface area contributed by atoms with Gasteiger partial charge >= 0.3 is 0 Å². The number of fused-ring (bicyclic) bond motifs is 1. The molecule has 0 aromatic heterocycles. The van der Waals surface area contributed by atoms with Crippen LogP contribution in [0, 0.1) is 5.82 Å². The highest BCUT2D eigenvalue weighted by Gasteiger charge is 2.19. The van der Waals surface area contributed by atoms with E-state index in [0.29, 0.717) is 17.8 Å². The van der Waals surface area contributed by atoms with Gasteiger partial charge in [-0.25, -0.2) is 4.39 Å². The van der Waals surface area contributed by atoms with Gasteiger partial charge in [0, 0.05) is 17.8 Å². The zero-order chi connectivity index (χ0) is 14.8. The van der Waals surface area contributed by atoms with Crippen LogP contribution in [0.5, 0.6) is 0 Å². The average molecular weight is 284 g/mol. The Hall–Kier alpha value is -2.69. The van der Waals surface area contributed by atoms with Gasteiger partial charge in [-0.15, -0.1) is 0 Å². The van der Waals surface area contributed by atoms with Crippen LogP contribution in [0.15, 0.2) is 42.5 Å². The summed E-state index contributed by atoms with van der Waals surface area (Å²) in [4.78, 5) is 23.5. The molecule has 0 radical (unpaired) electrons. The van der Waals surface area contributed by atoms with Gasteiger partial charge in [-0.05, 0) is 35.4 Å². The lowest BCUT2D eigenvalue weighted by Gasteiger charge is -2.06. The van der Waals surface area contributed by atoms with Crippen molar-refractivity contribution in [3.63, 3.8) is 0 Å². The molecule has 1 aliphatic rings. The normalized spacial score (nSPS) is 12.7. The zero-order valence-corrected chi connectivity index (χ0v) is 11.2. The quantitative estimate of drug-likeness (QED) is 0.908. The summed E-state index contributed by atoms with van der Waals surface area (Å²) >= 11 is 0. The minimum absolute atomic E-state index is 0.125. The van der Waals surface area contributed by atoms with Crippen molar-refractivity contribution in [2.75, 3.05) is 5.32 Å². The van der Waals surface area contributed by atoms with Crippen molar-refractivity contribution in [2.24, 2.45) is 0 Å². The predicted octanol–water partition coefficient (Wildman–Crippen LogP) is 2.25. The van der Waals surface area contributed by atoms with Crippen molar-refractivity contribution in [3.05, 3.63) is 65.0 Å². The number of halogens is 1. The molecule has 0 unspecified atom stereocenters. The number of nitrogens with one attached hydrogen (secondary N) is 2. The first kappa shape index (κ1) is 13.3. The molecular formula is C16H13FN2O2. The Morgan fingerprint density at radius 3 is 2.71 bits per heavy atom. The van der Waals surface area contributed by atoms with Crippen molar-refractivity contribution in [3.8, 4) is 0 Å². The van der Waals surface area contributed by atoms with Crippen molar-refractivity contribution in [1.82, 2.24) is 5.32 Å².